The minimum atomic E-state index is -0.266. The van der Waals surface area contributed by atoms with E-state index in [2.05, 4.69) is 53.5 Å². The molecule has 0 amide bonds. The Bertz CT molecular complexity index is 646. The van der Waals surface area contributed by atoms with E-state index in [9.17, 15) is 4.79 Å². The van der Waals surface area contributed by atoms with Crippen molar-refractivity contribution in [2.75, 3.05) is 0 Å². The van der Waals surface area contributed by atoms with Gasteiger partial charge in [-0.3, -0.25) is 0 Å². The van der Waals surface area contributed by atoms with Gasteiger partial charge in [0.15, 0.2) is 0 Å². The predicted molar refractivity (Wildman–Crippen MR) is 86.7 cm³/mol. The number of benzene rings is 2. The second-order valence-corrected chi connectivity index (χ2v) is 4.63. The molecule has 0 aromatic heterocycles. The lowest BCUT2D eigenvalue weighted by Gasteiger charge is -2.04. The number of fused-ring (bicyclic) bond motifs is 1. The highest BCUT2D eigenvalue weighted by Gasteiger charge is 2.07. The molecule has 0 aliphatic heterocycles. The van der Waals surface area contributed by atoms with E-state index in [-0.39, 0.29) is 6.04 Å². The molecule has 0 radical (unpaired) electrons. The molecule has 0 saturated heterocycles. The second kappa shape index (κ2) is 7.29. The van der Waals surface area contributed by atoms with Gasteiger partial charge in [-0.2, -0.15) is 4.99 Å². The van der Waals surface area contributed by atoms with Crippen LogP contribution in [-0.4, -0.2) is 17.0 Å². The summed E-state index contributed by atoms with van der Waals surface area (Å²) in [5.41, 5.74) is 0. The van der Waals surface area contributed by atoms with Crippen LogP contribution in [0.4, 0.5) is 0 Å². The Morgan fingerprint density at radius 1 is 0.950 bits per heavy atom. The fourth-order valence-electron chi connectivity index (χ4n) is 1.81. The van der Waals surface area contributed by atoms with Gasteiger partial charge in [-0.05, 0) is 16.8 Å². The lowest BCUT2D eigenvalue weighted by Crippen LogP contribution is -2.12. The summed E-state index contributed by atoms with van der Waals surface area (Å²) >= 11 is 4.88. The largest absolute Gasteiger partial charge is 0.235 e. The van der Waals surface area contributed by atoms with Gasteiger partial charge in [0.2, 0.25) is 6.08 Å². The van der Waals surface area contributed by atoms with Crippen LogP contribution < -0.4 is 0 Å². The fraction of sp³-hybridized carbons (Fsp3) is 0.0588. The molecule has 0 spiro atoms. The van der Waals surface area contributed by atoms with Gasteiger partial charge in [-0.1, -0.05) is 79.0 Å². The van der Waals surface area contributed by atoms with Crippen LogP contribution >= 0.6 is 12.2 Å². The number of hydrogen-bond acceptors (Lipinski definition) is 3. The van der Waals surface area contributed by atoms with Crippen LogP contribution in [0.3, 0.4) is 0 Å². The van der Waals surface area contributed by atoms with Crippen molar-refractivity contribution in [3.8, 4) is 0 Å². The Morgan fingerprint density at radius 3 is 1.95 bits per heavy atom. The van der Waals surface area contributed by atoms with Crippen LogP contribution in [0.25, 0.3) is 10.8 Å². The fourth-order valence-corrected chi connectivity index (χ4v) is 2.02. The molecule has 98 valence electrons. The third-order valence-corrected chi connectivity index (χ3v) is 3.18. The van der Waals surface area contributed by atoms with Crippen molar-refractivity contribution in [1.82, 2.24) is 0 Å². The van der Waals surface area contributed by atoms with Crippen LogP contribution in [0.15, 0.2) is 77.8 Å². The Labute approximate surface area is 123 Å². The monoisotopic (exact) mass is 279 g/mol. The SMILES string of the molecule is O=C=NC1C=CC=CC1=S.c1ccc2ccccc2c1. The summed E-state index contributed by atoms with van der Waals surface area (Å²) in [5.74, 6) is 0. The van der Waals surface area contributed by atoms with E-state index in [1.54, 1.807) is 18.2 Å². The van der Waals surface area contributed by atoms with Gasteiger partial charge in [-0.15, -0.1) is 0 Å². The molecular formula is C17H13NOS. The Balaban J connectivity index is 0.000000147. The lowest BCUT2D eigenvalue weighted by molar-refractivity contribution is 0.563. The number of rotatable bonds is 1. The maximum absolute atomic E-state index is 9.81. The summed E-state index contributed by atoms with van der Waals surface area (Å²) in [6, 6.07) is 16.4. The molecule has 3 rings (SSSR count). The molecule has 2 nitrogen and oxygen atoms in total. The van der Waals surface area contributed by atoms with E-state index >= 15 is 0 Å². The van der Waals surface area contributed by atoms with Crippen molar-refractivity contribution in [1.29, 1.82) is 0 Å². The molecule has 1 aliphatic carbocycles. The molecule has 3 heteroatoms. The van der Waals surface area contributed by atoms with E-state index in [1.807, 2.05) is 6.08 Å². The summed E-state index contributed by atoms with van der Waals surface area (Å²) in [6.45, 7) is 0. The molecule has 0 heterocycles. The van der Waals surface area contributed by atoms with Gasteiger partial charge >= 0.3 is 0 Å². The molecule has 1 unspecified atom stereocenters. The zero-order valence-corrected chi connectivity index (χ0v) is 11.6. The van der Waals surface area contributed by atoms with Gasteiger partial charge in [0, 0.05) is 4.86 Å². The predicted octanol–water partition coefficient (Wildman–Crippen LogP) is 4.03. The molecule has 0 N–H and O–H groups in total. The van der Waals surface area contributed by atoms with Gasteiger partial charge in [0.25, 0.3) is 0 Å². The van der Waals surface area contributed by atoms with Crippen molar-refractivity contribution in [2.24, 2.45) is 4.99 Å². The second-order valence-electron chi connectivity index (χ2n) is 4.16. The van der Waals surface area contributed by atoms with Crippen molar-refractivity contribution in [3.05, 3.63) is 72.8 Å². The quantitative estimate of drug-likeness (QED) is 0.448. The van der Waals surface area contributed by atoms with Crippen molar-refractivity contribution in [2.45, 2.75) is 6.04 Å². The van der Waals surface area contributed by atoms with Crippen LogP contribution in [0, 0.1) is 0 Å². The molecule has 1 aliphatic rings. The van der Waals surface area contributed by atoms with Crippen molar-refractivity contribution >= 4 is 33.9 Å². The Morgan fingerprint density at radius 2 is 1.50 bits per heavy atom. The number of aliphatic imine (C=N–C) groups is 1. The molecule has 0 bridgehead atoms. The highest BCUT2D eigenvalue weighted by atomic mass is 32.1. The number of thiocarbonyl (C=S) groups is 1. The topological polar surface area (TPSA) is 29.4 Å². The van der Waals surface area contributed by atoms with Crippen LogP contribution in [0.1, 0.15) is 0 Å². The average Bonchev–Trinajstić information content (AvgIpc) is 2.51. The maximum Gasteiger partial charge on any atom is 0.235 e. The number of nitrogens with zero attached hydrogens (tertiary/aromatic N) is 1. The summed E-state index contributed by atoms with van der Waals surface area (Å²) in [5, 5.41) is 2.62. The van der Waals surface area contributed by atoms with E-state index in [0.29, 0.717) is 4.86 Å². The minimum absolute atomic E-state index is 0.266. The lowest BCUT2D eigenvalue weighted by atomic mass is 10.1. The van der Waals surface area contributed by atoms with Crippen LogP contribution in [0.5, 0.6) is 0 Å². The number of hydrogen-bond donors (Lipinski definition) is 0. The van der Waals surface area contributed by atoms with Gasteiger partial charge in [-0.25, -0.2) is 4.79 Å². The van der Waals surface area contributed by atoms with Gasteiger partial charge < -0.3 is 0 Å². The number of allylic oxidation sites excluding steroid dienone is 2. The van der Waals surface area contributed by atoms with Gasteiger partial charge in [0.05, 0.1) is 0 Å². The first-order chi connectivity index (χ1) is 9.81. The van der Waals surface area contributed by atoms with Crippen LogP contribution in [0.2, 0.25) is 0 Å². The molecular weight excluding hydrogens is 266 g/mol. The maximum atomic E-state index is 9.81. The summed E-state index contributed by atoms with van der Waals surface area (Å²) in [7, 11) is 0. The molecule has 0 saturated carbocycles. The molecule has 20 heavy (non-hydrogen) atoms. The first-order valence-corrected chi connectivity index (χ1v) is 6.61. The standard InChI is InChI=1S/C10H8.C7H5NOS/c1-2-6-10-8-4-3-7-9(10)5-1;9-5-8-6-3-1-2-4-7(6)10/h1-8H;1-4,6H. The molecule has 0 fully saturated rings. The third kappa shape index (κ3) is 3.82. The van der Waals surface area contributed by atoms with Crippen LogP contribution in [-0.2, 0) is 4.79 Å². The highest BCUT2D eigenvalue weighted by molar-refractivity contribution is 7.80. The first-order valence-electron chi connectivity index (χ1n) is 6.21. The van der Waals surface area contributed by atoms with E-state index in [0.717, 1.165) is 0 Å². The zero-order valence-electron chi connectivity index (χ0n) is 10.8. The molecule has 1 atom stereocenters. The van der Waals surface area contributed by atoms with Crippen molar-refractivity contribution in [3.63, 3.8) is 0 Å². The smallest absolute Gasteiger partial charge is 0.211 e. The Hall–Kier alpha value is -2.35. The zero-order chi connectivity index (χ0) is 14.2. The number of isocyanates is 1. The van der Waals surface area contributed by atoms with E-state index in [1.165, 1.54) is 16.9 Å². The Kier molecular flexibility index (Phi) is 5.13. The highest BCUT2D eigenvalue weighted by Crippen LogP contribution is 2.11. The number of carbonyl (C=O) groups excluding carboxylic acids is 1. The van der Waals surface area contributed by atoms with E-state index < -0.39 is 0 Å². The van der Waals surface area contributed by atoms with Gasteiger partial charge in [0.1, 0.15) is 6.04 Å². The summed E-state index contributed by atoms with van der Waals surface area (Å²) < 4.78 is 0. The first kappa shape index (κ1) is 14.1. The summed E-state index contributed by atoms with van der Waals surface area (Å²) in [4.78, 5) is 13.9. The normalized spacial score (nSPS) is 16.2. The van der Waals surface area contributed by atoms with Crippen molar-refractivity contribution < 1.29 is 4.79 Å². The molecule has 2 aromatic carbocycles. The van der Waals surface area contributed by atoms with E-state index in [4.69, 9.17) is 12.2 Å². The summed E-state index contributed by atoms with van der Waals surface area (Å²) in [6.07, 6.45) is 8.60. The average molecular weight is 279 g/mol. The third-order valence-electron chi connectivity index (χ3n) is 2.81. The molecule has 2 aromatic rings. The minimum Gasteiger partial charge on any atom is -0.211 e.